The lowest BCUT2D eigenvalue weighted by Gasteiger charge is -2.22. The average Bonchev–Trinajstić information content (AvgIpc) is 3.01. The minimum Gasteiger partial charge on any atom is -0.456 e. The first kappa shape index (κ1) is 21.9. The van der Waals surface area contributed by atoms with E-state index in [-0.39, 0.29) is 0 Å². The summed E-state index contributed by atoms with van der Waals surface area (Å²) in [6, 6.07) is 52.0. The SMILES string of the molecule is c1ccc2c(c1)Oc1ccc(-c3ccc(-c4ccc(-c5cccc6ccccc56)cc4)cc3)c3cccc-2c13. The van der Waals surface area contributed by atoms with E-state index in [9.17, 15) is 0 Å². The minimum atomic E-state index is 0.918. The number of hydrogen-bond acceptors (Lipinski definition) is 1. The van der Waals surface area contributed by atoms with Crippen LogP contribution in [0.4, 0.5) is 0 Å². The molecule has 0 amide bonds. The summed E-state index contributed by atoms with van der Waals surface area (Å²) in [4.78, 5) is 0. The third kappa shape index (κ3) is 3.55. The van der Waals surface area contributed by atoms with Crippen LogP contribution in [0.3, 0.4) is 0 Å². The van der Waals surface area contributed by atoms with Crippen LogP contribution >= 0.6 is 0 Å². The van der Waals surface area contributed by atoms with E-state index in [4.69, 9.17) is 4.74 Å². The van der Waals surface area contributed by atoms with Crippen molar-refractivity contribution in [2.24, 2.45) is 0 Å². The van der Waals surface area contributed by atoms with Crippen molar-refractivity contribution in [3.05, 3.63) is 146 Å². The van der Waals surface area contributed by atoms with Gasteiger partial charge in [-0.25, -0.2) is 0 Å². The highest BCUT2D eigenvalue weighted by Gasteiger charge is 2.21. The van der Waals surface area contributed by atoms with Crippen LogP contribution < -0.4 is 4.74 Å². The molecule has 0 fully saturated rings. The van der Waals surface area contributed by atoms with Gasteiger partial charge in [-0.15, -0.1) is 0 Å². The van der Waals surface area contributed by atoms with Gasteiger partial charge in [-0.3, -0.25) is 0 Å². The van der Waals surface area contributed by atoms with Crippen molar-refractivity contribution in [1.29, 1.82) is 0 Å². The monoisotopic (exact) mass is 496 g/mol. The van der Waals surface area contributed by atoms with E-state index in [1.165, 1.54) is 60.5 Å². The van der Waals surface area contributed by atoms with Crippen LogP contribution in [0.25, 0.3) is 66.1 Å². The molecule has 1 heterocycles. The Kier molecular flexibility index (Phi) is 4.89. The van der Waals surface area contributed by atoms with Gasteiger partial charge in [0.05, 0.1) is 0 Å². The quantitative estimate of drug-likeness (QED) is 0.236. The zero-order valence-corrected chi connectivity index (χ0v) is 21.3. The largest absolute Gasteiger partial charge is 0.456 e. The van der Waals surface area contributed by atoms with Crippen LogP contribution in [0, 0.1) is 0 Å². The van der Waals surface area contributed by atoms with Crippen molar-refractivity contribution in [2.75, 3.05) is 0 Å². The first-order chi connectivity index (χ1) is 19.3. The van der Waals surface area contributed by atoms with Gasteiger partial charge in [0.25, 0.3) is 0 Å². The van der Waals surface area contributed by atoms with E-state index in [0.717, 1.165) is 17.1 Å². The van der Waals surface area contributed by atoms with Crippen molar-refractivity contribution in [1.82, 2.24) is 0 Å². The van der Waals surface area contributed by atoms with Crippen molar-refractivity contribution < 1.29 is 4.74 Å². The molecule has 0 aromatic heterocycles. The van der Waals surface area contributed by atoms with E-state index in [0.29, 0.717) is 0 Å². The summed E-state index contributed by atoms with van der Waals surface area (Å²) in [6.07, 6.45) is 0. The number of hydrogen-bond donors (Lipinski definition) is 0. The third-order valence-electron chi connectivity index (χ3n) is 7.91. The highest BCUT2D eigenvalue weighted by molar-refractivity contribution is 6.10. The number of para-hydroxylation sites is 1. The summed E-state index contributed by atoms with van der Waals surface area (Å²) >= 11 is 0. The maximum atomic E-state index is 6.28. The molecule has 0 spiro atoms. The molecule has 0 aliphatic carbocycles. The van der Waals surface area contributed by atoms with E-state index in [1.54, 1.807) is 0 Å². The van der Waals surface area contributed by atoms with Crippen molar-refractivity contribution >= 4 is 21.5 Å². The Balaban J connectivity index is 1.15. The molecule has 1 aliphatic heterocycles. The van der Waals surface area contributed by atoms with Crippen molar-refractivity contribution in [3.63, 3.8) is 0 Å². The lowest BCUT2D eigenvalue weighted by Crippen LogP contribution is -1.97. The molecule has 0 atom stereocenters. The average molecular weight is 497 g/mol. The summed E-state index contributed by atoms with van der Waals surface area (Å²) in [5, 5.41) is 4.95. The molecule has 1 aliphatic rings. The maximum absolute atomic E-state index is 6.28. The zero-order valence-electron chi connectivity index (χ0n) is 21.3. The van der Waals surface area contributed by atoms with Gasteiger partial charge in [-0.1, -0.05) is 133 Å². The Morgan fingerprint density at radius 3 is 1.64 bits per heavy atom. The van der Waals surface area contributed by atoms with Crippen LogP contribution in [-0.2, 0) is 0 Å². The molecule has 1 heteroatoms. The van der Waals surface area contributed by atoms with Gasteiger partial charge in [-0.05, 0) is 67.2 Å². The van der Waals surface area contributed by atoms with E-state index in [2.05, 4.69) is 133 Å². The minimum absolute atomic E-state index is 0.918. The molecule has 0 bridgehead atoms. The molecule has 0 saturated heterocycles. The fourth-order valence-corrected chi connectivity index (χ4v) is 5.99. The van der Waals surface area contributed by atoms with Gasteiger partial charge in [0.1, 0.15) is 11.5 Å². The molecule has 7 aromatic rings. The predicted molar refractivity (Wildman–Crippen MR) is 163 cm³/mol. The molecule has 8 rings (SSSR count). The van der Waals surface area contributed by atoms with Crippen LogP contribution in [0.1, 0.15) is 0 Å². The second-order valence-corrected chi connectivity index (χ2v) is 10.1. The molecule has 7 aromatic carbocycles. The summed E-state index contributed by atoms with van der Waals surface area (Å²) in [5.41, 5.74) is 9.73. The summed E-state index contributed by atoms with van der Waals surface area (Å²) < 4.78 is 6.28. The highest BCUT2D eigenvalue weighted by atomic mass is 16.5. The van der Waals surface area contributed by atoms with Crippen molar-refractivity contribution in [3.8, 4) is 56.0 Å². The van der Waals surface area contributed by atoms with Gasteiger partial charge < -0.3 is 4.74 Å². The van der Waals surface area contributed by atoms with E-state index < -0.39 is 0 Å². The topological polar surface area (TPSA) is 9.23 Å². The first-order valence-electron chi connectivity index (χ1n) is 13.4. The van der Waals surface area contributed by atoms with Gasteiger partial charge >= 0.3 is 0 Å². The first-order valence-corrected chi connectivity index (χ1v) is 13.4. The molecular formula is C38H24O. The van der Waals surface area contributed by atoms with Crippen LogP contribution in [-0.4, -0.2) is 0 Å². The van der Waals surface area contributed by atoms with E-state index >= 15 is 0 Å². The van der Waals surface area contributed by atoms with Crippen molar-refractivity contribution in [2.45, 2.75) is 0 Å². The fraction of sp³-hybridized carbons (Fsp3) is 0. The molecule has 1 nitrogen and oxygen atoms in total. The second kappa shape index (κ2) is 8.72. The Morgan fingerprint density at radius 2 is 0.846 bits per heavy atom. The Labute approximate surface area is 227 Å². The number of ether oxygens (including phenoxy) is 1. The van der Waals surface area contributed by atoms with Gasteiger partial charge in [0, 0.05) is 10.9 Å². The highest BCUT2D eigenvalue weighted by Crippen LogP contribution is 2.48. The van der Waals surface area contributed by atoms with E-state index in [1.807, 2.05) is 12.1 Å². The summed E-state index contributed by atoms with van der Waals surface area (Å²) in [5.74, 6) is 1.84. The normalized spacial score (nSPS) is 11.8. The Bertz CT molecular complexity index is 2010. The fourth-order valence-electron chi connectivity index (χ4n) is 5.99. The second-order valence-electron chi connectivity index (χ2n) is 10.1. The number of fused-ring (bicyclic) bond motifs is 3. The molecule has 0 saturated carbocycles. The zero-order chi connectivity index (χ0) is 25.8. The Morgan fingerprint density at radius 1 is 0.308 bits per heavy atom. The lowest BCUT2D eigenvalue weighted by molar-refractivity contribution is 0.487. The summed E-state index contributed by atoms with van der Waals surface area (Å²) in [6.45, 7) is 0. The smallest absolute Gasteiger partial charge is 0.135 e. The lowest BCUT2D eigenvalue weighted by atomic mass is 9.90. The van der Waals surface area contributed by atoms with Gasteiger partial charge in [-0.2, -0.15) is 0 Å². The van der Waals surface area contributed by atoms with Gasteiger partial charge in [0.2, 0.25) is 0 Å². The Hall–Kier alpha value is -5.14. The third-order valence-corrected chi connectivity index (χ3v) is 7.91. The van der Waals surface area contributed by atoms with Crippen LogP contribution in [0.2, 0.25) is 0 Å². The molecule has 0 radical (unpaired) electrons. The number of rotatable bonds is 3. The van der Waals surface area contributed by atoms with Gasteiger partial charge in [0.15, 0.2) is 0 Å². The molecular weight excluding hydrogens is 472 g/mol. The van der Waals surface area contributed by atoms with Crippen LogP contribution in [0.5, 0.6) is 11.5 Å². The molecule has 182 valence electrons. The standard InChI is InChI=1S/C38H24O/c1-2-9-30-27(7-1)8-5-11-31(30)28-19-15-25(16-20-28)26-17-21-29(22-18-26)32-23-24-37-38-34(32)12-6-13-35(38)33-10-3-4-14-36(33)39-37/h1-24H. The number of benzene rings is 7. The molecule has 39 heavy (non-hydrogen) atoms. The molecule has 0 N–H and O–H groups in total. The maximum Gasteiger partial charge on any atom is 0.135 e. The predicted octanol–water partition coefficient (Wildman–Crippen LogP) is 10.8. The molecule has 0 unspecified atom stereocenters. The summed E-state index contributed by atoms with van der Waals surface area (Å²) in [7, 11) is 0. The van der Waals surface area contributed by atoms with Crippen LogP contribution in [0.15, 0.2) is 146 Å².